The lowest BCUT2D eigenvalue weighted by Crippen LogP contribution is -2.35. The summed E-state index contributed by atoms with van der Waals surface area (Å²) in [6, 6.07) is 8.31. The number of likely N-dealkylation sites (N-methyl/N-ethyl adjacent to an activating group) is 1. The van der Waals surface area contributed by atoms with E-state index in [0.717, 1.165) is 0 Å². The van der Waals surface area contributed by atoms with Gasteiger partial charge in [-0.15, -0.1) is 0 Å². The van der Waals surface area contributed by atoms with Crippen LogP contribution in [0, 0.1) is 5.82 Å². The largest absolute Gasteiger partial charge is 0.427 e. The van der Waals surface area contributed by atoms with E-state index in [0.29, 0.717) is 35.2 Å². The molecule has 3 heterocycles. The van der Waals surface area contributed by atoms with Gasteiger partial charge in [0.2, 0.25) is 0 Å². The number of halogens is 1. The summed E-state index contributed by atoms with van der Waals surface area (Å²) in [5, 5.41) is 4.33. The van der Waals surface area contributed by atoms with Crippen LogP contribution in [0.5, 0.6) is 6.01 Å². The Morgan fingerprint density at radius 3 is 2.93 bits per heavy atom. The molecule has 28 heavy (non-hydrogen) atoms. The normalized spacial score (nSPS) is 15.7. The summed E-state index contributed by atoms with van der Waals surface area (Å²) in [6.07, 6.45) is 5.59. The Hall–Kier alpha value is -3.26. The SMILES string of the molecule is CCC(c1ccccc1F)N1C=C(Oc2nc3cnccc3c(=O)[nH]2)CN1C. The molecule has 1 N–H and O–H groups in total. The fourth-order valence-corrected chi connectivity index (χ4v) is 3.42. The summed E-state index contributed by atoms with van der Waals surface area (Å²) in [5.74, 6) is 0.363. The average Bonchev–Trinajstić information content (AvgIpc) is 3.04. The fourth-order valence-electron chi connectivity index (χ4n) is 3.42. The van der Waals surface area contributed by atoms with E-state index in [4.69, 9.17) is 4.74 Å². The van der Waals surface area contributed by atoms with Crippen molar-refractivity contribution in [3.8, 4) is 6.01 Å². The molecule has 0 saturated heterocycles. The topological polar surface area (TPSA) is 74.3 Å². The van der Waals surface area contributed by atoms with Gasteiger partial charge in [-0.3, -0.25) is 14.8 Å². The van der Waals surface area contributed by atoms with E-state index in [2.05, 4.69) is 15.0 Å². The Morgan fingerprint density at radius 2 is 2.14 bits per heavy atom. The predicted octanol–water partition coefficient (Wildman–Crippen LogP) is 2.99. The van der Waals surface area contributed by atoms with Crippen LogP contribution in [0.25, 0.3) is 10.9 Å². The maximum Gasteiger partial charge on any atom is 0.302 e. The highest BCUT2D eigenvalue weighted by atomic mass is 19.1. The highest BCUT2D eigenvalue weighted by Gasteiger charge is 2.29. The van der Waals surface area contributed by atoms with Gasteiger partial charge in [0.1, 0.15) is 11.6 Å². The summed E-state index contributed by atoms with van der Waals surface area (Å²) < 4.78 is 20.1. The zero-order valence-electron chi connectivity index (χ0n) is 15.6. The van der Waals surface area contributed by atoms with Crippen LogP contribution in [0.1, 0.15) is 24.9 Å². The van der Waals surface area contributed by atoms with Crippen LogP contribution in [0.2, 0.25) is 0 Å². The minimum atomic E-state index is -0.288. The molecule has 0 amide bonds. The maximum absolute atomic E-state index is 14.3. The number of aromatic nitrogens is 3. The molecule has 1 aromatic carbocycles. The van der Waals surface area contributed by atoms with Gasteiger partial charge in [0.15, 0.2) is 0 Å². The summed E-state index contributed by atoms with van der Waals surface area (Å²) in [5.41, 5.74) is 0.796. The van der Waals surface area contributed by atoms with E-state index in [1.165, 1.54) is 12.3 Å². The molecule has 0 spiro atoms. The number of nitrogens with zero attached hydrogens (tertiary/aromatic N) is 4. The standard InChI is InChI=1S/C20H20FN5O2/c1-3-18(14-6-4-5-7-16(14)21)26-12-13(11-25(26)2)28-20-23-17-10-22-9-8-15(17)19(27)24-20/h4-10,12,18H,3,11H2,1-2H3,(H,23,24,27). The molecule has 0 radical (unpaired) electrons. The van der Waals surface area contributed by atoms with Crippen LogP contribution >= 0.6 is 0 Å². The van der Waals surface area contributed by atoms with Gasteiger partial charge in [0.25, 0.3) is 5.56 Å². The molecule has 1 atom stereocenters. The first-order valence-corrected chi connectivity index (χ1v) is 9.03. The number of rotatable bonds is 5. The smallest absolute Gasteiger partial charge is 0.302 e. The van der Waals surface area contributed by atoms with Crippen molar-refractivity contribution in [2.75, 3.05) is 13.6 Å². The van der Waals surface area contributed by atoms with Gasteiger partial charge in [0.05, 0.1) is 35.9 Å². The van der Waals surface area contributed by atoms with E-state index in [1.807, 2.05) is 36.3 Å². The molecule has 8 heteroatoms. The van der Waals surface area contributed by atoms with Crippen LogP contribution in [-0.4, -0.2) is 38.6 Å². The summed E-state index contributed by atoms with van der Waals surface area (Å²) >= 11 is 0. The van der Waals surface area contributed by atoms with Gasteiger partial charge >= 0.3 is 6.01 Å². The van der Waals surface area contributed by atoms with E-state index in [1.54, 1.807) is 24.4 Å². The van der Waals surface area contributed by atoms with Crippen molar-refractivity contribution in [1.29, 1.82) is 0 Å². The predicted molar refractivity (Wildman–Crippen MR) is 103 cm³/mol. The monoisotopic (exact) mass is 381 g/mol. The Labute approximate surface area is 161 Å². The van der Waals surface area contributed by atoms with Crippen molar-refractivity contribution >= 4 is 10.9 Å². The number of benzene rings is 1. The average molecular weight is 381 g/mol. The molecule has 0 fully saturated rings. The minimum Gasteiger partial charge on any atom is -0.427 e. The van der Waals surface area contributed by atoms with Gasteiger partial charge in [0, 0.05) is 18.8 Å². The Morgan fingerprint density at radius 1 is 1.32 bits per heavy atom. The first-order chi connectivity index (χ1) is 13.6. The zero-order chi connectivity index (χ0) is 19.7. The fraction of sp³-hybridized carbons (Fsp3) is 0.250. The number of H-pyrrole nitrogens is 1. The number of hydrogen-bond donors (Lipinski definition) is 1. The number of hydrogen-bond acceptors (Lipinski definition) is 6. The highest BCUT2D eigenvalue weighted by Crippen LogP contribution is 2.31. The van der Waals surface area contributed by atoms with Gasteiger partial charge < -0.3 is 9.75 Å². The molecule has 1 aliphatic heterocycles. The molecule has 7 nitrogen and oxygen atoms in total. The molecular formula is C20H20FN5O2. The number of aromatic amines is 1. The molecule has 1 aliphatic rings. The second kappa shape index (κ2) is 7.40. The minimum absolute atomic E-state index is 0.103. The lowest BCUT2D eigenvalue weighted by molar-refractivity contribution is 0.0315. The number of fused-ring (bicyclic) bond motifs is 1. The molecular weight excluding hydrogens is 361 g/mol. The lowest BCUT2D eigenvalue weighted by atomic mass is 10.0. The molecule has 0 saturated carbocycles. The second-order valence-electron chi connectivity index (χ2n) is 6.60. The number of ether oxygens (including phenoxy) is 1. The van der Waals surface area contributed by atoms with Crippen molar-refractivity contribution in [3.63, 3.8) is 0 Å². The third-order valence-corrected chi connectivity index (χ3v) is 4.74. The molecule has 0 aliphatic carbocycles. The van der Waals surface area contributed by atoms with Crippen molar-refractivity contribution in [2.45, 2.75) is 19.4 Å². The van der Waals surface area contributed by atoms with Crippen molar-refractivity contribution < 1.29 is 9.13 Å². The summed E-state index contributed by atoms with van der Waals surface area (Å²) in [7, 11) is 1.90. The number of hydrazine groups is 1. The van der Waals surface area contributed by atoms with Gasteiger partial charge in [-0.1, -0.05) is 25.1 Å². The third-order valence-electron chi connectivity index (χ3n) is 4.74. The van der Waals surface area contributed by atoms with Crippen LogP contribution in [0.15, 0.2) is 59.5 Å². The maximum atomic E-state index is 14.3. The first-order valence-electron chi connectivity index (χ1n) is 9.03. The van der Waals surface area contributed by atoms with Crippen LogP contribution < -0.4 is 10.3 Å². The van der Waals surface area contributed by atoms with E-state index in [-0.39, 0.29) is 23.4 Å². The van der Waals surface area contributed by atoms with Crippen LogP contribution in [0.4, 0.5) is 4.39 Å². The number of pyridine rings is 1. The summed E-state index contributed by atoms with van der Waals surface area (Å²) in [4.78, 5) is 23.1. The van der Waals surface area contributed by atoms with Crippen LogP contribution in [-0.2, 0) is 0 Å². The van der Waals surface area contributed by atoms with Crippen molar-refractivity contribution in [2.24, 2.45) is 0 Å². The van der Waals surface area contributed by atoms with Gasteiger partial charge in [-0.25, -0.2) is 9.40 Å². The van der Waals surface area contributed by atoms with E-state index >= 15 is 0 Å². The molecule has 1 unspecified atom stereocenters. The number of nitrogens with one attached hydrogen (secondary N) is 1. The quantitative estimate of drug-likeness (QED) is 0.732. The Kier molecular flexibility index (Phi) is 4.79. The third kappa shape index (κ3) is 3.34. The van der Waals surface area contributed by atoms with Crippen LogP contribution in [0.3, 0.4) is 0 Å². The molecule has 4 rings (SSSR count). The molecule has 0 bridgehead atoms. The van der Waals surface area contributed by atoms with E-state index < -0.39 is 0 Å². The zero-order valence-corrected chi connectivity index (χ0v) is 15.6. The van der Waals surface area contributed by atoms with Gasteiger partial charge in [-0.05, 0) is 18.6 Å². The molecule has 2 aromatic heterocycles. The second-order valence-corrected chi connectivity index (χ2v) is 6.60. The molecule has 3 aromatic rings. The Bertz CT molecular complexity index is 1100. The van der Waals surface area contributed by atoms with Gasteiger partial charge in [-0.2, -0.15) is 4.98 Å². The first kappa shape index (κ1) is 18.1. The van der Waals surface area contributed by atoms with E-state index in [9.17, 15) is 9.18 Å². The van der Waals surface area contributed by atoms with Crippen molar-refractivity contribution in [3.05, 3.63) is 76.4 Å². The highest BCUT2D eigenvalue weighted by molar-refractivity contribution is 5.76. The summed E-state index contributed by atoms with van der Waals surface area (Å²) in [6.45, 7) is 2.48. The lowest BCUT2D eigenvalue weighted by Gasteiger charge is -2.33. The Balaban J connectivity index is 1.61. The molecule has 144 valence electrons. The van der Waals surface area contributed by atoms with Crippen molar-refractivity contribution in [1.82, 2.24) is 25.0 Å².